The quantitative estimate of drug-likeness (QED) is 0.735. The summed E-state index contributed by atoms with van der Waals surface area (Å²) in [5.41, 5.74) is 5.91. The molecule has 102 valence electrons. The van der Waals surface area contributed by atoms with Gasteiger partial charge in [0.2, 0.25) is 0 Å². The van der Waals surface area contributed by atoms with Crippen molar-refractivity contribution in [3.63, 3.8) is 0 Å². The number of hydrogen-bond donors (Lipinski definition) is 2. The van der Waals surface area contributed by atoms with Crippen molar-refractivity contribution in [3.8, 4) is 5.82 Å². The number of fused-ring (bicyclic) bond motifs is 1. The molecular formula is C13H12FN5O. The Labute approximate surface area is 113 Å². The lowest BCUT2D eigenvalue weighted by atomic mass is 10.2. The van der Waals surface area contributed by atoms with Gasteiger partial charge in [-0.25, -0.2) is 13.9 Å². The van der Waals surface area contributed by atoms with Gasteiger partial charge >= 0.3 is 0 Å². The zero-order valence-electron chi connectivity index (χ0n) is 10.7. The summed E-state index contributed by atoms with van der Waals surface area (Å²) in [6, 6.07) is 5.07. The first kappa shape index (κ1) is 12.5. The average molecular weight is 273 g/mol. The molecule has 2 heterocycles. The van der Waals surface area contributed by atoms with E-state index in [4.69, 9.17) is 5.73 Å². The summed E-state index contributed by atoms with van der Waals surface area (Å²) >= 11 is 0. The summed E-state index contributed by atoms with van der Waals surface area (Å²) in [5, 5.41) is 6.70. The van der Waals surface area contributed by atoms with Crippen LogP contribution in [0.4, 0.5) is 4.39 Å². The van der Waals surface area contributed by atoms with Gasteiger partial charge in [-0.05, 0) is 25.1 Å². The third-order valence-corrected chi connectivity index (χ3v) is 2.99. The number of hydrogen-bond acceptors (Lipinski definition) is 4. The van der Waals surface area contributed by atoms with Gasteiger partial charge in [0.25, 0.3) is 5.56 Å². The fourth-order valence-electron chi connectivity index (χ4n) is 2.09. The Morgan fingerprint density at radius 3 is 2.85 bits per heavy atom. The lowest BCUT2D eigenvalue weighted by Crippen LogP contribution is -2.27. The molecule has 6 nitrogen and oxygen atoms in total. The molecule has 3 N–H and O–H groups in total. The predicted molar refractivity (Wildman–Crippen MR) is 72.0 cm³/mol. The van der Waals surface area contributed by atoms with E-state index in [9.17, 15) is 9.18 Å². The van der Waals surface area contributed by atoms with Crippen LogP contribution in [0.5, 0.6) is 0 Å². The molecule has 2 aromatic heterocycles. The van der Waals surface area contributed by atoms with Gasteiger partial charge in [0, 0.05) is 6.07 Å². The SMILES string of the molecule is C[C@H](N)c1nc2ccc(F)cc2c(=O)n1-c1ccn[nH]1. The number of benzene rings is 1. The maximum Gasteiger partial charge on any atom is 0.267 e. The molecule has 7 heteroatoms. The second kappa shape index (κ2) is 4.53. The summed E-state index contributed by atoms with van der Waals surface area (Å²) in [4.78, 5) is 16.9. The molecule has 0 bridgehead atoms. The number of nitrogens with zero attached hydrogens (tertiary/aromatic N) is 3. The third kappa shape index (κ3) is 1.88. The smallest absolute Gasteiger partial charge is 0.267 e. The molecule has 3 rings (SSSR count). The summed E-state index contributed by atoms with van der Waals surface area (Å²) in [7, 11) is 0. The molecule has 0 aliphatic heterocycles. The Balaban J connectivity index is 2.44. The Morgan fingerprint density at radius 1 is 1.40 bits per heavy atom. The Morgan fingerprint density at radius 2 is 2.20 bits per heavy atom. The van der Waals surface area contributed by atoms with E-state index in [1.165, 1.54) is 29.0 Å². The molecule has 1 aromatic carbocycles. The van der Waals surface area contributed by atoms with Crippen molar-refractivity contribution in [1.29, 1.82) is 0 Å². The maximum absolute atomic E-state index is 13.3. The largest absolute Gasteiger partial charge is 0.322 e. The summed E-state index contributed by atoms with van der Waals surface area (Å²) in [6.07, 6.45) is 1.52. The van der Waals surface area contributed by atoms with Crippen LogP contribution in [0.25, 0.3) is 16.7 Å². The van der Waals surface area contributed by atoms with Crippen molar-refractivity contribution < 1.29 is 4.39 Å². The summed E-state index contributed by atoms with van der Waals surface area (Å²) < 4.78 is 14.6. The zero-order valence-corrected chi connectivity index (χ0v) is 10.7. The van der Waals surface area contributed by atoms with Gasteiger partial charge in [-0.15, -0.1) is 0 Å². The van der Waals surface area contributed by atoms with Crippen molar-refractivity contribution in [2.45, 2.75) is 13.0 Å². The first-order valence-electron chi connectivity index (χ1n) is 6.05. The third-order valence-electron chi connectivity index (χ3n) is 2.99. The molecule has 0 spiro atoms. The van der Waals surface area contributed by atoms with Crippen LogP contribution >= 0.6 is 0 Å². The van der Waals surface area contributed by atoms with Crippen LogP contribution in [0, 0.1) is 5.82 Å². The van der Waals surface area contributed by atoms with E-state index in [2.05, 4.69) is 15.2 Å². The van der Waals surface area contributed by atoms with Gasteiger partial charge in [0.1, 0.15) is 17.5 Å². The van der Waals surface area contributed by atoms with E-state index in [1.807, 2.05) is 0 Å². The number of halogens is 1. The normalized spacial score (nSPS) is 12.8. The van der Waals surface area contributed by atoms with Crippen LogP contribution in [0.3, 0.4) is 0 Å². The van der Waals surface area contributed by atoms with Crippen LogP contribution in [0.2, 0.25) is 0 Å². The lowest BCUT2D eigenvalue weighted by Gasteiger charge is -2.14. The molecule has 0 saturated heterocycles. The van der Waals surface area contributed by atoms with Crippen LogP contribution in [0.15, 0.2) is 35.3 Å². The molecular weight excluding hydrogens is 261 g/mol. The van der Waals surface area contributed by atoms with Crippen LogP contribution in [-0.4, -0.2) is 19.7 Å². The molecule has 0 fully saturated rings. The van der Waals surface area contributed by atoms with E-state index in [1.54, 1.807) is 13.0 Å². The first-order valence-corrected chi connectivity index (χ1v) is 6.05. The molecule has 1 atom stereocenters. The molecule has 3 aromatic rings. The zero-order chi connectivity index (χ0) is 14.3. The highest BCUT2D eigenvalue weighted by atomic mass is 19.1. The minimum atomic E-state index is -0.485. The van der Waals surface area contributed by atoms with Crippen molar-refractivity contribution in [2.24, 2.45) is 5.73 Å². The molecule has 0 amide bonds. The number of nitrogens with two attached hydrogens (primary N) is 1. The number of rotatable bonds is 2. The number of nitrogens with one attached hydrogen (secondary N) is 1. The highest BCUT2D eigenvalue weighted by Crippen LogP contribution is 2.16. The lowest BCUT2D eigenvalue weighted by molar-refractivity contribution is 0.628. The molecule has 0 aliphatic carbocycles. The fourth-order valence-corrected chi connectivity index (χ4v) is 2.09. The monoisotopic (exact) mass is 273 g/mol. The van der Waals surface area contributed by atoms with Gasteiger partial charge in [0.15, 0.2) is 0 Å². The Bertz CT molecular complexity index is 823. The molecule has 0 saturated carbocycles. The molecule has 0 radical (unpaired) electrons. The van der Waals surface area contributed by atoms with Gasteiger partial charge in [-0.1, -0.05) is 0 Å². The van der Waals surface area contributed by atoms with Crippen molar-refractivity contribution in [3.05, 3.63) is 52.5 Å². The minimum absolute atomic E-state index is 0.198. The van der Waals surface area contributed by atoms with Gasteiger partial charge < -0.3 is 5.73 Å². The van der Waals surface area contributed by atoms with Crippen molar-refractivity contribution in [2.75, 3.05) is 0 Å². The van der Waals surface area contributed by atoms with E-state index in [-0.39, 0.29) is 10.9 Å². The highest BCUT2D eigenvalue weighted by Gasteiger charge is 2.16. The van der Waals surface area contributed by atoms with Gasteiger partial charge in [-0.2, -0.15) is 5.10 Å². The van der Waals surface area contributed by atoms with E-state index < -0.39 is 11.9 Å². The van der Waals surface area contributed by atoms with E-state index in [0.29, 0.717) is 17.2 Å². The van der Waals surface area contributed by atoms with Crippen LogP contribution < -0.4 is 11.3 Å². The molecule has 0 unspecified atom stereocenters. The fraction of sp³-hybridized carbons (Fsp3) is 0.154. The molecule has 20 heavy (non-hydrogen) atoms. The maximum atomic E-state index is 13.3. The Kier molecular flexibility index (Phi) is 2.83. The van der Waals surface area contributed by atoms with Crippen molar-refractivity contribution >= 4 is 10.9 Å². The van der Waals surface area contributed by atoms with Crippen LogP contribution in [-0.2, 0) is 0 Å². The summed E-state index contributed by atoms with van der Waals surface area (Å²) in [5.74, 6) is 0.348. The minimum Gasteiger partial charge on any atom is -0.322 e. The van der Waals surface area contributed by atoms with Crippen LogP contribution in [0.1, 0.15) is 18.8 Å². The van der Waals surface area contributed by atoms with Gasteiger partial charge in [-0.3, -0.25) is 9.89 Å². The summed E-state index contributed by atoms with van der Waals surface area (Å²) in [6.45, 7) is 1.73. The van der Waals surface area contributed by atoms with Crippen molar-refractivity contribution in [1.82, 2.24) is 19.7 Å². The highest BCUT2D eigenvalue weighted by molar-refractivity contribution is 5.78. The topological polar surface area (TPSA) is 89.6 Å². The predicted octanol–water partition coefficient (Wildman–Crippen LogP) is 1.27. The number of aromatic nitrogens is 4. The first-order chi connectivity index (χ1) is 9.58. The van der Waals surface area contributed by atoms with E-state index in [0.717, 1.165) is 0 Å². The standard InChI is InChI=1S/C13H12FN5O/c1-7(15)12-17-10-3-2-8(14)6-9(10)13(20)19(12)11-4-5-16-18-11/h2-7H,15H2,1H3,(H,16,18)/t7-/m0/s1. The average Bonchev–Trinajstić information content (AvgIpc) is 2.92. The number of aromatic amines is 1. The second-order valence-electron chi connectivity index (χ2n) is 4.50. The number of H-pyrrole nitrogens is 1. The Hall–Kier alpha value is -2.54. The molecule has 0 aliphatic rings. The van der Waals surface area contributed by atoms with E-state index >= 15 is 0 Å². The second-order valence-corrected chi connectivity index (χ2v) is 4.50. The van der Waals surface area contributed by atoms with Gasteiger partial charge in [0.05, 0.1) is 23.1 Å².